The molecule has 2 rings (SSSR count). The van der Waals surface area contributed by atoms with Crippen molar-refractivity contribution in [3.8, 4) is 0 Å². The van der Waals surface area contributed by atoms with Crippen LogP contribution in [0.1, 0.15) is 37.3 Å². The van der Waals surface area contributed by atoms with Gasteiger partial charge in [-0.1, -0.05) is 109 Å². The number of hydrogen-bond donors (Lipinski definition) is 0. The lowest BCUT2D eigenvalue weighted by Crippen LogP contribution is -2.44. The first kappa shape index (κ1) is 26.1. The molecular formula is C26H32INO4. The number of unbranched alkanes of at least 4 members (excludes halogenated alkanes) is 1. The first-order valence-corrected chi connectivity index (χ1v) is 12.4. The normalized spacial score (nSPS) is 11.7. The SMILES string of the molecule is C=C(CI)CN(Cc1ccccc1)[C@@H](CC(=O)OCCCC)C(=O)OCc1ccccc1. The summed E-state index contributed by atoms with van der Waals surface area (Å²) in [5, 5.41) is 0. The molecule has 2 aromatic carbocycles. The van der Waals surface area contributed by atoms with Gasteiger partial charge in [0.05, 0.1) is 13.0 Å². The van der Waals surface area contributed by atoms with E-state index < -0.39 is 18.0 Å². The molecule has 172 valence electrons. The van der Waals surface area contributed by atoms with E-state index in [1.807, 2.05) is 72.5 Å². The van der Waals surface area contributed by atoms with Gasteiger partial charge in [0.2, 0.25) is 0 Å². The summed E-state index contributed by atoms with van der Waals surface area (Å²) in [7, 11) is 0. The van der Waals surface area contributed by atoms with E-state index in [1.54, 1.807) is 0 Å². The summed E-state index contributed by atoms with van der Waals surface area (Å²) < 4.78 is 11.8. The van der Waals surface area contributed by atoms with Crippen LogP contribution < -0.4 is 0 Å². The lowest BCUT2D eigenvalue weighted by Gasteiger charge is -2.30. The molecule has 0 saturated carbocycles. The number of nitrogens with zero attached hydrogens (tertiary/aromatic N) is 1. The Balaban J connectivity index is 2.20. The second-order valence-electron chi connectivity index (χ2n) is 7.66. The number of alkyl halides is 1. The van der Waals surface area contributed by atoms with Gasteiger partial charge in [-0.2, -0.15) is 0 Å². The minimum absolute atomic E-state index is 0.0568. The van der Waals surface area contributed by atoms with Gasteiger partial charge < -0.3 is 9.47 Å². The zero-order valence-corrected chi connectivity index (χ0v) is 20.8. The van der Waals surface area contributed by atoms with Crippen molar-refractivity contribution in [2.75, 3.05) is 17.6 Å². The molecule has 0 unspecified atom stereocenters. The number of esters is 2. The number of hydrogen-bond acceptors (Lipinski definition) is 5. The lowest BCUT2D eigenvalue weighted by molar-refractivity contribution is -0.157. The van der Waals surface area contributed by atoms with Gasteiger partial charge in [0.25, 0.3) is 0 Å². The number of rotatable bonds is 14. The molecule has 0 aromatic heterocycles. The summed E-state index contributed by atoms with van der Waals surface area (Å²) >= 11 is 2.26. The fourth-order valence-electron chi connectivity index (χ4n) is 3.16. The quantitative estimate of drug-likeness (QED) is 0.105. The fraction of sp³-hybridized carbons (Fsp3) is 0.385. The minimum atomic E-state index is -0.757. The average Bonchev–Trinajstić information content (AvgIpc) is 2.82. The second-order valence-corrected chi connectivity index (χ2v) is 8.42. The Morgan fingerprint density at radius 3 is 2.22 bits per heavy atom. The Labute approximate surface area is 204 Å². The van der Waals surface area contributed by atoms with Gasteiger partial charge in [-0.15, -0.1) is 0 Å². The van der Waals surface area contributed by atoms with Gasteiger partial charge in [-0.25, -0.2) is 0 Å². The minimum Gasteiger partial charge on any atom is -0.466 e. The number of benzene rings is 2. The molecule has 0 spiro atoms. The van der Waals surface area contributed by atoms with Crippen molar-refractivity contribution < 1.29 is 19.1 Å². The predicted molar refractivity (Wildman–Crippen MR) is 135 cm³/mol. The maximum absolute atomic E-state index is 13.2. The van der Waals surface area contributed by atoms with Crippen molar-refractivity contribution in [1.82, 2.24) is 4.90 Å². The van der Waals surface area contributed by atoms with Gasteiger partial charge in [-0.05, 0) is 17.5 Å². The van der Waals surface area contributed by atoms with Gasteiger partial charge in [0.1, 0.15) is 12.6 Å². The van der Waals surface area contributed by atoms with E-state index in [0.29, 0.717) is 19.7 Å². The van der Waals surface area contributed by atoms with Crippen LogP contribution in [0.2, 0.25) is 0 Å². The van der Waals surface area contributed by atoms with Gasteiger partial charge in [-0.3, -0.25) is 14.5 Å². The van der Waals surface area contributed by atoms with Crippen LogP contribution in [0.5, 0.6) is 0 Å². The van der Waals surface area contributed by atoms with Crippen LogP contribution >= 0.6 is 22.6 Å². The zero-order valence-electron chi connectivity index (χ0n) is 18.7. The molecule has 0 aliphatic rings. The Kier molecular flexibility index (Phi) is 12.0. The van der Waals surface area contributed by atoms with E-state index in [-0.39, 0.29) is 13.0 Å². The molecule has 0 aliphatic carbocycles. The summed E-state index contributed by atoms with van der Waals surface area (Å²) in [5.74, 6) is -0.822. The topological polar surface area (TPSA) is 55.8 Å². The highest BCUT2D eigenvalue weighted by atomic mass is 127. The third-order valence-corrected chi connectivity index (χ3v) is 5.98. The van der Waals surface area contributed by atoms with Crippen molar-refractivity contribution in [3.63, 3.8) is 0 Å². The van der Waals surface area contributed by atoms with Crippen molar-refractivity contribution in [3.05, 3.63) is 83.9 Å². The number of ether oxygens (including phenoxy) is 2. The molecule has 1 atom stereocenters. The fourth-order valence-corrected chi connectivity index (χ4v) is 3.40. The number of carbonyl (C=O) groups excluding carboxylic acids is 2. The molecule has 0 bridgehead atoms. The van der Waals surface area contributed by atoms with Gasteiger partial charge in [0, 0.05) is 17.5 Å². The molecule has 0 radical (unpaired) electrons. The number of carbonyl (C=O) groups is 2. The molecule has 0 aliphatic heterocycles. The maximum atomic E-state index is 13.2. The summed E-state index contributed by atoms with van der Waals surface area (Å²) in [6, 6.07) is 18.7. The third-order valence-electron chi connectivity index (χ3n) is 4.90. The monoisotopic (exact) mass is 549 g/mol. The van der Waals surface area contributed by atoms with Crippen LogP contribution in [-0.2, 0) is 32.2 Å². The predicted octanol–water partition coefficient (Wildman–Crippen LogP) is 5.33. The average molecular weight is 549 g/mol. The summed E-state index contributed by atoms with van der Waals surface area (Å²) in [5.41, 5.74) is 2.92. The van der Waals surface area contributed by atoms with E-state index in [0.717, 1.165) is 34.0 Å². The highest BCUT2D eigenvalue weighted by Gasteiger charge is 2.31. The molecule has 0 saturated heterocycles. The van der Waals surface area contributed by atoms with Crippen LogP contribution in [-0.4, -0.2) is 40.5 Å². The Morgan fingerprint density at radius 2 is 1.62 bits per heavy atom. The Morgan fingerprint density at radius 1 is 1.00 bits per heavy atom. The van der Waals surface area contributed by atoms with E-state index >= 15 is 0 Å². The van der Waals surface area contributed by atoms with E-state index in [9.17, 15) is 9.59 Å². The molecule has 0 N–H and O–H groups in total. The Bertz CT molecular complexity index is 841. The van der Waals surface area contributed by atoms with Crippen molar-refractivity contribution in [1.29, 1.82) is 0 Å². The van der Waals surface area contributed by atoms with Gasteiger partial charge in [0.15, 0.2) is 0 Å². The molecule has 0 amide bonds. The van der Waals surface area contributed by atoms with Gasteiger partial charge >= 0.3 is 11.9 Å². The zero-order chi connectivity index (χ0) is 23.2. The summed E-state index contributed by atoms with van der Waals surface area (Å²) in [6.07, 6.45) is 1.68. The largest absolute Gasteiger partial charge is 0.466 e. The lowest BCUT2D eigenvalue weighted by atomic mass is 10.1. The molecule has 2 aromatic rings. The highest BCUT2D eigenvalue weighted by molar-refractivity contribution is 14.1. The molecular weight excluding hydrogens is 517 g/mol. The molecule has 0 fully saturated rings. The van der Waals surface area contributed by atoms with Crippen LogP contribution in [0.3, 0.4) is 0 Å². The first-order valence-electron chi connectivity index (χ1n) is 10.9. The van der Waals surface area contributed by atoms with Crippen LogP contribution in [0.25, 0.3) is 0 Å². The van der Waals surface area contributed by atoms with Crippen LogP contribution in [0.4, 0.5) is 0 Å². The summed E-state index contributed by atoms with van der Waals surface area (Å²) in [6.45, 7) is 7.67. The van der Waals surface area contributed by atoms with E-state index in [4.69, 9.17) is 9.47 Å². The van der Waals surface area contributed by atoms with E-state index in [2.05, 4.69) is 29.2 Å². The third kappa shape index (κ3) is 9.53. The smallest absolute Gasteiger partial charge is 0.324 e. The summed E-state index contributed by atoms with van der Waals surface area (Å²) in [4.78, 5) is 27.7. The highest BCUT2D eigenvalue weighted by Crippen LogP contribution is 2.17. The Hall–Kier alpha value is -2.19. The van der Waals surface area contributed by atoms with E-state index in [1.165, 1.54) is 0 Å². The number of halogens is 1. The van der Waals surface area contributed by atoms with Crippen LogP contribution in [0.15, 0.2) is 72.8 Å². The molecule has 5 nitrogen and oxygen atoms in total. The van der Waals surface area contributed by atoms with Crippen molar-refractivity contribution in [2.45, 2.75) is 45.4 Å². The molecule has 6 heteroatoms. The van der Waals surface area contributed by atoms with Crippen molar-refractivity contribution >= 4 is 34.5 Å². The van der Waals surface area contributed by atoms with Crippen molar-refractivity contribution in [2.24, 2.45) is 0 Å². The standard InChI is InChI=1S/C26H32INO4/c1-3-4-15-31-25(29)16-24(26(30)32-20-23-13-9-6-10-14-23)28(18-21(2)17-27)19-22-11-7-5-8-12-22/h5-14,24H,2-4,15-20H2,1H3/t24-/m0/s1. The molecule has 0 heterocycles. The molecule has 32 heavy (non-hydrogen) atoms. The van der Waals surface area contributed by atoms with Crippen LogP contribution in [0, 0.1) is 0 Å². The maximum Gasteiger partial charge on any atom is 0.324 e. The second kappa shape index (κ2) is 14.8. The first-order chi connectivity index (χ1) is 15.5.